The average Bonchev–Trinajstić information content (AvgIpc) is 2.67. The molecule has 0 radical (unpaired) electrons. The molecule has 0 saturated carbocycles. The van der Waals surface area contributed by atoms with Gasteiger partial charge in [-0.25, -0.2) is 5.43 Å². The molecule has 0 aliphatic carbocycles. The Morgan fingerprint density at radius 2 is 2.11 bits per heavy atom. The Morgan fingerprint density at radius 3 is 2.78 bits per heavy atom. The fourth-order valence-corrected chi connectivity index (χ4v) is 3.57. The van der Waals surface area contributed by atoms with E-state index in [-0.39, 0.29) is 11.2 Å². The number of methoxy groups -OCH3 is 1. The monoisotopic (exact) mass is 448 g/mol. The maximum absolute atomic E-state index is 12.2. The van der Waals surface area contributed by atoms with Crippen LogP contribution >= 0.6 is 27.7 Å². The second kappa shape index (κ2) is 10.8. The summed E-state index contributed by atoms with van der Waals surface area (Å²) in [4.78, 5) is 13.2. The molecule has 142 valence electrons. The Balaban J connectivity index is 1.99. The van der Waals surface area contributed by atoms with Gasteiger partial charge < -0.3 is 9.47 Å². The number of thioether (sulfide) groups is 1. The van der Waals surface area contributed by atoms with E-state index in [0.717, 1.165) is 14.9 Å². The van der Waals surface area contributed by atoms with Crippen LogP contribution in [0.2, 0.25) is 0 Å². The quantitative estimate of drug-likeness (QED) is 0.262. The number of ether oxygens (including phenoxy) is 2. The second-order valence-electron chi connectivity index (χ2n) is 5.44. The molecule has 27 heavy (non-hydrogen) atoms. The number of hydrazone groups is 1. The van der Waals surface area contributed by atoms with Crippen LogP contribution in [0.4, 0.5) is 0 Å². The van der Waals surface area contributed by atoms with Crippen LogP contribution in [0.5, 0.6) is 11.5 Å². The highest BCUT2D eigenvalue weighted by atomic mass is 79.9. The summed E-state index contributed by atoms with van der Waals surface area (Å²) in [7, 11) is 1.56. The van der Waals surface area contributed by atoms with E-state index in [9.17, 15) is 4.79 Å². The van der Waals surface area contributed by atoms with Crippen molar-refractivity contribution in [2.75, 3.05) is 13.7 Å². The van der Waals surface area contributed by atoms with Crippen LogP contribution in [-0.4, -0.2) is 31.1 Å². The zero-order valence-corrected chi connectivity index (χ0v) is 17.5. The number of nitrogens with one attached hydrogen (secondary N) is 1. The summed E-state index contributed by atoms with van der Waals surface area (Å²) >= 11 is 4.94. The highest BCUT2D eigenvalue weighted by Crippen LogP contribution is 2.36. The minimum atomic E-state index is -0.263. The van der Waals surface area contributed by atoms with Gasteiger partial charge in [0, 0.05) is 4.90 Å². The molecule has 2 aromatic carbocycles. The van der Waals surface area contributed by atoms with Crippen molar-refractivity contribution in [3.63, 3.8) is 0 Å². The van der Waals surface area contributed by atoms with E-state index in [2.05, 4.69) is 33.0 Å². The van der Waals surface area contributed by atoms with E-state index >= 15 is 0 Å². The summed E-state index contributed by atoms with van der Waals surface area (Å²) in [5.74, 6) is 0.982. The maximum Gasteiger partial charge on any atom is 0.253 e. The van der Waals surface area contributed by atoms with Crippen molar-refractivity contribution in [3.05, 3.63) is 65.2 Å². The van der Waals surface area contributed by atoms with Gasteiger partial charge in [-0.3, -0.25) is 4.79 Å². The Bertz CT molecular complexity index is 812. The molecule has 1 amide bonds. The van der Waals surface area contributed by atoms with Crippen LogP contribution in [0.1, 0.15) is 12.5 Å². The summed E-state index contributed by atoms with van der Waals surface area (Å²) in [6, 6.07) is 13.4. The van der Waals surface area contributed by atoms with Crippen LogP contribution in [0, 0.1) is 0 Å². The molecule has 0 aliphatic heterocycles. The first-order chi connectivity index (χ1) is 13.0. The van der Waals surface area contributed by atoms with Gasteiger partial charge in [0.15, 0.2) is 11.5 Å². The number of halogens is 1. The Hall–Kier alpha value is -2.25. The third-order valence-electron chi connectivity index (χ3n) is 3.41. The van der Waals surface area contributed by atoms with Crippen molar-refractivity contribution in [2.45, 2.75) is 17.1 Å². The number of hydrogen-bond donors (Lipinski definition) is 1. The molecule has 5 nitrogen and oxygen atoms in total. The topological polar surface area (TPSA) is 59.9 Å². The summed E-state index contributed by atoms with van der Waals surface area (Å²) in [5, 5.41) is 3.78. The first-order valence-corrected chi connectivity index (χ1v) is 9.88. The van der Waals surface area contributed by atoms with Crippen LogP contribution in [-0.2, 0) is 4.79 Å². The highest BCUT2D eigenvalue weighted by Gasteiger charge is 2.14. The molecule has 0 spiro atoms. The molecule has 0 unspecified atom stereocenters. The zero-order valence-electron chi connectivity index (χ0n) is 15.1. The first kappa shape index (κ1) is 21.1. The minimum absolute atomic E-state index is 0.169. The van der Waals surface area contributed by atoms with Gasteiger partial charge >= 0.3 is 0 Å². The van der Waals surface area contributed by atoms with E-state index in [1.807, 2.05) is 43.3 Å². The summed E-state index contributed by atoms with van der Waals surface area (Å²) in [5.41, 5.74) is 3.32. The minimum Gasteiger partial charge on any atom is -0.493 e. The predicted octanol–water partition coefficient (Wildman–Crippen LogP) is 4.65. The lowest BCUT2D eigenvalue weighted by Crippen LogP contribution is -2.26. The molecule has 1 atom stereocenters. The van der Waals surface area contributed by atoms with Gasteiger partial charge in [0.1, 0.15) is 6.61 Å². The predicted molar refractivity (Wildman–Crippen MR) is 114 cm³/mol. The lowest BCUT2D eigenvalue weighted by molar-refractivity contribution is -0.120. The molecular formula is C20H21BrN2O3S. The van der Waals surface area contributed by atoms with Crippen molar-refractivity contribution >= 4 is 39.8 Å². The van der Waals surface area contributed by atoms with E-state index in [1.54, 1.807) is 25.5 Å². The average molecular weight is 449 g/mol. The molecule has 7 heteroatoms. The Kier molecular flexibility index (Phi) is 8.42. The van der Waals surface area contributed by atoms with Gasteiger partial charge in [-0.05, 0) is 52.7 Å². The number of carbonyl (C=O) groups excluding carboxylic acids is 1. The van der Waals surface area contributed by atoms with Gasteiger partial charge in [0.2, 0.25) is 0 Å². The second-order valence-corrected chi connectivity index (χ2v) is 7.71. The van der Waals surface area contributed by atoms with Crippen molar-refractivity contribution in [1.82, 2.24) is 5.43 Å². The third kappa shape index (κ3) is 6.45. The maximum atomic E-state index is 12.2. The fourth-order valence-electron chi connectivity index (χ4n) is 2.11. The van der Waals surface area contributed by atoms with Crippen LogP contribution in [0.3, 0.4) is 0 Å². The number of nitrogens with zero attached hydrogens (tertiary/aromatic N) is 1. The van der Waals surface area contributed by atoms with E-state index < -0.39 is 0 Å². The summed E-state index contributed by atoms with van der Waals surface area (Å²) in [6.07, 6.45) is 3.22. The summed E-state index contributed by atoms with van der Waals surface area (Å²) < 4.78 is 11.7. The normalized spacial score (nSPS) is 11.8. The molecule has 2 rings (SSSR count). The number of hydrogen-bond acceptors (Lipinski definition) is 5. The van der Waals surface area contributed by atoms with Crippen LogP contribution in [0.25, 0.3) is 0 Å². The molecule has 1 N–H and O–H groups in total. The van der Waals surface area contributed by atoms with Gasteiger partial charge in [-0.15, -0.1) is 11.8 Å². The number of carbonyl (C=O) groups is 1. The van der Waals surface area contributed by atoms with Gasteiger partial charge in [0.05, 0.1) is 23.0 Å². The SMILES string of the molecule is C=CCOc1c(Br)cc(/C=N\NC(=O)[C@H](C)Sc2ccccc2)cc1OC. The molecule has 0 saturated heterocycles. The molecule has 0 aliphatic rings. The Morgan fingerprint density at radius 1 is 1.37 bits per heavy atom. The van der Waals surface area contributed by atoms with E-state index in [4.69, 9.17) is 9.47 Å². The summed E-state index contributed by atoms with van der Waals surface area (Å²) in [6.45, 7) is 5.84. The van der Waals surface area contributed by atoms with Gasteiger partial charge in [-0.2, -0.15) is 5.10 Å². The molecular weight excluding hydrogens is 428 g/mol. The molecule has 0 bridgehead atoms. The van der Waals surface area contributed by atoms with E-state index in [0.29, 0.717) is 18.1 Å². The number of amides is 1. The zero-order chi connectivity index (χ0) is 19.6. The van der Waals surface area contributed by atoms with Crippen molar-refractivity contribution in [1.29, 1.82) is 0 Å². The van der Waals surface area contributed by atoms with Crippen LogP contribution < -0.4 is 14.9 Å². The third-order valence-corrected chi connectivity index (χ3v) is 5.11. The standard InChI is InChI=1S/C20H21BrN2O3S/c1-4-10-26-19-17(21)11-15(12-18(19)25-3)13-22-23-20(24)14(2)27-16-8-6-5-7-9-16/h4-9,11-14H,1,10H2,2-3H3,(H,23,24)/b22-13-/t14-/m0/s1. The van der Waals surface area contributed by atoms with Gasteiger partial charge in [0.25, 0.3) is 5.91 Å². The number of rotatable bonds is 9. The largest absolute Gasteiger partial charge is 0.493 e. The number of benzene rings is 2. The van der Waals surface area contributed by atoms with Crippen molar-refractivity contribution in [3.8, 4) is 11.5 Å². The van der Waals surface area contributed by atoms with Gasteiger partial charge in [-0.1, -0.05) is 30.9 Å². The van der Waals surface area contributed by atoms with Crippen molar-refractivity contribution < 1.29 is 14.3 Å². The molecule has 0 fully saturated rings. The molecule has 0 heterocycles. The molecule has 2 aromatic rings. The highest BCUT2D eigenvalue weighted by molar-refractivity contribution is 9.10. The fraction of sp³-hybridized carbons (Fsp3) is 0.200. The smallest absolute Gasteiger partial charge is 0.253 e. The van der Waals surface area contributed by atoms with E-state index in [1.165, 1.54) is 11.8 Å². The first-order valence-electron chi connectivity index (χ1n) is 8.21. The lowest BCUT2D eigenvalue weighted by atomic mass is 10.2. The Labute approximate surface area is 172 Å². The van der Waals surface area contributed by atoms with Crippen LogP contribution in [0.15, 0.2) is 69.6 Å². The lowest BCUT2D eigenvalue weighted by Gasteiger charge is -2.12. The van der Waals surface area contributed by atoms with Crippen molar-refractivity contribution in [2.24, 2.45) is 5.10 Å². The molecule has 0 aromatic heterocycles.